The molecule has 2 aromatic carbocycles. The van der Waals surface area contributed by atoms with Crippen LogP contribution in [0, 0.1) is 0 Å². The maximum Gasteiger partial charge on any atom is 0.261 e. The molecule has 5 heteroatoms. The number of hydrogen-bond donors (Lipinski definition) is 0. The van der Waals surface area contributed by atoms with Crippen molar-refractivity contribution in [3.05, 3.63) is 83.1 Å². The molecule has 1 aliphatic heterocycles. The third kappa shape index (κ3) is 2.55. The van der Waals surface area contributed by atoms with E-state index in [1.54, 1.807) is 30.3 Å². The van der Waals surface area contributed by atoms with Crippen molar-refractivity contribution in [2.75, 3.05) is 0 Å². The topological polar surface area (TPSA) is 67.6 Å². The van der Waals surface area contributed by atoms with Gasteiger partial charge in [0.05, 0.1) is 17.7 Å². The van der Waals surface area contributed by atoms with E-state index < -0.39 is 0 Å². The summed E-state index contributed by atoms with van der Waals surface area (Å²) < 4.78 is 5.39. The van der Waals surface area contributed by atoms with Crippen molar-refractivity contribution in [1.82, 2.24) is 4.90 Å². The van der Waals surface area contributed by atoms with Crippen molar-refractivity contribution >= 4 is 18.1 Å². The first-order chi connectivity index (χ1) is 12.2. The predicted molar refractivity (Wildman–Crippen MR) is 90.2 cm³/mol. The average molecular weight is 331 g/mol. The molecule has 122 valence electrons. The highest BCUT2D eigenvalue weighted by Crippen LogP contribution is 2.30. The number of benzene rings is 2. The molecule has 0 atom stereocenters. The molecular weight excluding hydrogens is 318 g/mol. The van der Waals surface area contributed by atoms with E-state index in [-0.39, 0.29) is 24.1 Å². The molecule has 0 bridgehead atoms. The van der Waals surface area contributed by atoms with Gasteiger partial charge in [0.15, 0.2) is 12.0 Å². The number of carbonyl (C=O) groups excluding carboxylic acids is 3. The molecular formula is C20H13NO4. The fraction of sp³-hybridized carbons (Fsp3) is 0.0500. The van der Waals surface area contributed by atoms with Gasteiger partial charge in [0.1, 0.15) is 5.76 Å². The normalized spacial score (nSPS) is 13.2. The van der Waals surface area contributed by atoms with E-state index in [9.17, 15) is 14.4 Å². The van der Waals surface area contributed by atoms with Gasteiger partial charge in [-0.15, -0.1) is 0 Å². The van der Waals surface area contributed by atoms with Crippen LogP contribution in [-0.4, -0.2) is 23.0 Å². The Hall–Kier alpha value is -3.47. The first kappa shape index (κ1) is 15.1. The number of carbonyl (C=O) groups is 3. The number of amides is 2. The molecule has 0 N–H and O–H groups in total. The Balaban J connectivity index is 1.67. The summed E-state index contributed by atoms with van der Waals surface area (Å²) in [5.41, 5.74) is 2.27. The molecule has 2 heterocycles. The number of hydrogen-bond acceptors (Lipinski definition) is 4. The summed E-state index contributed by atoms with van der Waals surface area (Å²) in [7, 11) is 0. The molecule has 1 aliphatic rings. The van der Waals surface area contributed by atoms with Crippen molar-refractivity contribution in [3.8, 4) is 11.3 Å². The summed E-state index contributed by atoms with van der Waals surface area (Å²) in [4.78, 5) is 37.2. The summed E-state index contributed by atoms with van der Waals surface area (Å²) in [6.07, 6.45) is 0.618. The molecule has 4 rings (SSSR count). The lowest BCUT2D eigenvalue weighted by Crippen LogP contribution is -2.29. The first-order valence-electron chi connectivity index (χ1n) is 7.77. The summed E-state index contributed by atoms with van der Waals surface area (Å²) in [6.45, 7) is 0.235. The van der Waals surface area contributed by atoms with Crippen molar-refractivity contribution in [1.29, 1.82) is 0 Å². The van der Waals surface area contributed by atoms with Gasteiger partial charge in [0.25, 0.3) is 11.8 Å². The Bertz CT molecular complexity index is 988. The zero-order chi connectivity index (χ0) is 17.4. The van der Waals surface area contributed by atoms with E-state index in [0.717, 1.165) is 5.56 Å². The molecule has 1 aromatic heterocycles. The fourth-order valence-corrected chi connectivity index (χ4v) is 2.92. The van der Waals surface area contributed by atoms with Gasteiger partial charge >= 0.3 is 0 Å². The van der Waals surface area contributed by atoms with Crippen LogP contribution in [0.15, 0.2) is 65.1 Å². The quantitative estimate of drug-likeness (QED) is 0.541. The van der Waals surface area contributed by atoms with Gasteiger partial charge in [-0.05, 0) is 29.8 Å². The van der Waals surface area contributed by atoms with Crippen molar-refractivity contribution in [2.24, 2.45) is 0 Å². The highest BCUT2D eigenvalue weighted by Gasteiger charge is 2.35. The Morgan fingerprint density at radius 1 is 0.880 bits per heavy atom. The number of rotatable bonds is 4. The fourth-order valence-electron chi connectivity index (χ4n) is 2.92. The number of furan rings is 1. The molecule has 0 unspecified atom stereocenters. The Morgan fingerprint density at radius 2 is 1.64 bits per heavy atom. The maximum absolute atomic E-state index is 12.7. The molecule has 0 saturated carbocycles. The lowest BCUT2D eigenvalue weighted by Gasteiger charge is -2.13. The molecule has 3 aromatic rings. The van der Waals surface area contributed by atoms with Gasteiger partial charge in [-0.1, -0.05) is 36.4 Å². The molecule has 0 spiro atoms. The largest absolute Gasteiger partial charge is 0.453 e. The van der Waals surface area contributed by atoms with Gasteiger partial charge in [0, 0.05) is 5.56 Å². The minimum atomic E-state index is -0.326. The standard InChI is InChI=1S/C20H13NO4/c22-12-15-7-9-18(25-15)14-6-8-16-17(10-14)20(24)21(19(16)23)11-13-4-2-1-3-5-13/h1-10,12H,11H2. The lowest BCUT2D eigenvalue weighted by molar-refractivity contribution is 0.0642. The van der Waals surface area contributed by atoms with E-state index in [1.807, 2.05) is 30.3 Å². The number of aldehydes is 1. The molecule has 2 amide bonds. The van der Waals surface area contributed by atoms with Crippen LogP contribution in [-0.2, 0) is 6.54 Å². The van der Waals surface area contributed by atoms with Crippen LogP contribution in [0.2, 0.25) is 0 Å². The molecule has 0 radical (unpaired) electrons. The van der Waals surface area contributed by atoms with Crippen molar-refractivity contribution < 1.29 is 18.8 Å². The summed E-state index contributed by atoms with van der Waals surface area (Å²) >= 11 is 0. The minimum Gasteiger partial charge on any atom is -0.453 e. The summed E-state index contributed by atoms with van der Waals surface area (Å²) in [6, 6.07) is 17.6. The Morgan fingerprint density at radius 3 is 2.36 bits per heavy atom. The van der Waals surface area contributed by atoms with E-state index in [4.69, 9.17) is 4.42 Å². The number of nitrogens with zero attached hydrogens (tertiary/aromatic N) is 1. The zero-order valence-corrected chi connectivity index (χ0v) is 13.1. The third-order valence-electron chi connectivity index (χ3n) is 4.18. The Kier molecular flexibility index (Phi) is 3.54. The van der Waals surface area contributed by atoms with Crippen molar-refractivity contribution in [3.63, 3.8) is 0 Å². The van der Waals surface area contributed by atoms with Crippen LogP contribution < -0.4 is 0 Å². The van der Waals surface area contributed by atoms with E-state index >= 15 is 0 Å². The smallest absolute Gasteiger partial charge is 0.261 e. The second kappa shape index (κ2) is 5.87. The second-order valence-electron chi connectivity index (χ2n) is 5.76. The van der Waals surface area contributed by atoms with Crippen LogP contribution >= 0.6 is 0 Å². The van der Waals surface area contributed by atoms with Gasteiger partial charge in [0.2, 0.25) is 0 Å². The zero-order valence-electron chi connectivity index (χ0n) is 13.1. The molecule has 0 saturated heterocycles. The highest BCUT2D eigenvalue weighted by molar-refractivity contribution is 6.21. The average Bonchev–Trinajstić information content (AvgIpc) is 3.22. The predicted octanol–water partition coefficient (Wildman–Crippen LogP) is 3.56. The molecule has 0 aliphatic carbocycles. The second-order valence-corrected chi connectivity index (χ2v) is 5.76. The monoisotopic (exact) mass is 331 g/mol. The van der Waals surface area contributed by atoms with Crippen molar-refractivity contribution in [2.45, 2.75) is 6.54 Å². The highest BCUT2D eigenvalue weighted by atomic mass is 16.3. The van der Waals surface area contributed by atoms with Gasteiger partial charge in [-0.25, -0.2) is 0 Å². The van der Waals surface area contributed by atoms with E-state index in [2.05, 4.69) is 0 Å². The van der Waals surface area contributed by atoms with Crippen LogP contribution in [0.4, 0.5) is 0 Å². The summed E-state index contributed by atoms with van der Waals surface area (Å²) in [5, 5.41) is 0. The summed E-state index contributed by atoms with van der Waals surface area (Å²) in [5.74, 6) is 0.0616. The lowest BCUT2D eigenvalue weighted by atomic mass is 10.0. The van der Waals surface area contributed by atoms with Crippen LogP contribution in [0.3, 0.4) is 0 Å². The number of imide groups is 1. The molecule has 5 nitrogen and oxygen atoms in total. The molecule has 25 heavy (non-hydrogen) atoms. The number of fused-ring (bicyclic) bond motifs is 1. The maximum atomic E-state index is 12.7. The minimum absolute atomic E-state index is 0.212. The van der Waals surface area contributed by atoms with Gasteiger partial charge in [-0.2, -0.15) is 0 Å². The SMILES string of the molecule is O=Cc1ccc(-c2ccc3c(c2)C(=O)N(Cc2ccccc2)C3=O)o1. The van der Waals surface area contributed by atoms with Gasteiger partial charge < -0.3 is 4.42 Å². The molecule has 0 fully saturated rings. The van der Waals surface area contributed by atoms with E-state index in [0.29, 0.717) is 28.7 Å². The van der Waals surface area contributed by atoms with Crippen LogP contribution in [0.1, 0.15) is 36.8 Å². The Labute approximate surface area is 143 Å². The van der Waals surface area contributed by atoms with Gasteiger partial charge in [-0.3, -0.25) is 19.3 Å². The van der Waals surface area contributed by atoms with E-state index in [1.165, 1.54) is 4.90 Å². The third-order valence-corrected chi connectivity index (χ3v) is 4.18. The van der Waals surface area contributed by atoms with Crippen LogP contribution in [0.5, 0.6) is 0 Å². The van der Waals surface area contributed by atoms with Crippen LogP contribution in [0.25, 0.3) is 11.3 Å². The first-order valence-corrected chi connectivity index (χ1v) is 7.77.